The van der Waals surface area contributed by atoms with E-state index in [-0.39, 0.29) is 0 Å². The van der Waals surface area contributed by atoms with Crippen LogP contribution in [0.5, 0.6) is 0 Å². The van der Waals surface area contributed by atoms with Crippen molar-refractivity contribution in [1.29, 1.82) is 0 Å². The largest absolute Gasteiger partial charge is 0.286 e. The summed E-state index contributed by atoms with van der Waals surface area (Å²) in [7, 11) is 0. The second-order valence-corrected chi connectivity index (χ2v) is 5.31. The van der Waals surface area contributed by atoms with Crippen molar-refractivity contribution in [1.82, 2.24) is 8.94 Å². The third kappa shape index (κ3) is 2.50. The van der Waals surface area contributed by atoms with Gasteiger partial charge in [-0.3, -0.25) is 3.96 Å². The molecule has 0 aromatic carbocycles. The quantitative estimate of drug-likeness (QED) is 0.579. The number of hydrogen-bond acceptors (Lipinski definition) is 3. The van der Waals surface area contributed by atoms with Crippen LogP contribution in [0.25, 0.3) is 10.2 Å². The first-order valence-electron chi connectivity index (χ1n) is 5.77. The van der Waals surface area contributed by atoms with Crippen molar-refractivity contribution >= 4 is 34.0 Å². The Morgan fingerprint density at radius 1 is 1.38 bits per heavy atom. The molecule has 2 nitrogen and oxygen atoms in total. The maximum Gasteiger partial charge on any atom is 0.142 e. The maximum atomic E-state index is 5.44. The van der Waals surface area contributed by atoms with Gasteiger partial charge in [0, 0.05) is 18.1 Å². The Kier molecular flexibility index (Phi) is 4.07. The lowest BCUT2D eigenvalue weighted by Crippen LogP contribution is -1.93. The van der Waals surface area contributed by atoms with Gasteiger partial charge in [-0.05, 0) is 30.1 Å². The molecule has 0 saturated carbocycles. The van der Waals surface area contributed by atoms with E-state index in [2.05, 4.69) is 21.9 Å². The average molecular weight is 252 g/mol. The van der Waals surface area contributed by atoms with E-state index < -0.39 is 0 Å². The molecule has 0 bridgehead atoms. The molecule has 86 valence electrons. The lowest BCUT2D eigenvalue weighted by molar-refractivity contribution is 0.604. The zero-order chi connectivity index (χ0) is 11.4. The minimum Gasteiger partial charge on any atom is -0.286 e. The number of unbranched alkanes of at least 4 members (excludes halogenated alkanes) is 3. The normalized spacial score (nSPS) is 11.1. The molecule has 0 radical (unpaired) electrons. The highest BCUT2D eigenvalue weighted by molar-refractivity contribution is 7.71. The Morgan fingerprint density at radius 3 is 3.00 bits per heavy atom. The van der Waals surface area contributed by atoms with E-state index in [1.807, 2.05) is 12.3 Å². The van der Waals surface area contributed by atoms with Crippen LogP contribution >= 0.6 is 23.8 Å². The molecule has 0 spiro atoms. The molecule has 0 aliphatic carbocycles. The van der Waals surface area contributed by atoms with Gasteiger partial charge in [0.25, 0.3) is 0 Å². The molecule has 0 saturated heterocycles. The summed E-state index contributed by atoms with van der Waals surface area (Å²) in [5.74, 6) is 0. The van der Waals surface area contributed by atoms with E-state index >= 15 is 0 Å². The highest BCUT2D eigenvalue weighted by Gasteiger charge is 2.03. The van der Waals surface area contributed by atoms with Gasteiger partial charge in [0.2, 0.25) is 0 Å². The third-order valence-corrected chi connectivity index (χ3v) is 4.28. The Bertz CT molecular complexity index is 513. The van der Waals surface area contributed by atoms with Crippen molar-refractivity contribution in [2.45, 2.75) is 39.2 Å². The van der Waals surface area contributed by atoms with E-state index in [4.69, 9.17) is 12.2 Å². The highest BCUT2D eigenvalue weighted by atomic mass is 32.1. The second kappa shape index (κ2) is 5.55. The van der Waals surface area contributed by atoms with E-state index in [9.17, 15) is 0 Å². The summed E-state index contributed by atoms with van der Waals surface area (Å²) in [6.45, 7) is 3.27. The number of aromatic nitrogens is 2. The van der Waals surface area contributed by atoms with Crippen LogP contribution in [0.1, 0.15) is 32.6 Å². The molecule has 2 aromatic rings. The molecule has 0 aliphatic rings. The standard InChI is InChI=1S/C12H16N2S2/c1-2-3-4-5-9-14-12(15)10-7-6-8-13-11(10)16-14/h6-8H,2-5,9H2,1H3. The number of hydrogen-bond donors (Lipinski definition) is 0. The van der Waals surface area contributed by atoms with Gasteiger partial charge in [0.15, 0.2) is 0 Å². The molecular weight excluding hydrogens is 236 g/mol. The first-order chi connectivity index (χ1) is 7.83. The Morgan fingerprint density at radius 2 is 2.25 bits per heavy atom. The van der Waals surface area contributed by atoms with Crippen molar-refractivity contribution in [3.8, 4) is 0 Å². The van der Waals surface area contributed by atoms with Crippen molar-refractivity contribution in [2.75, 3.05) is 0 Å². The Labute approximate surface area is 105 Å². The summed E-state index contributed by atoms with van der Waals surface area (Å²) >= 11 is 7.12. The third-order valence-electron chi connectivity index (χ3n) is 2.64. The fourth-order valence-electron chi connectivity index (χ4n) is 1.74. The minimum absolute atomic E-state index is 0.949. The van der Waals surface area contributed by atoms with Crippen LogP contribution in [0.2, 0.25) is 0 Å². The summed E-state index contributed by atoms with van der Waals surface area (Å²) < 4.78 is 3.15. The van der Waals surface area contributed by atoms with Gasteiger partial charge in [0.1, 0.15) is 9.47 Å². The summed E-state index contributed by atoms with van der Waals surface area (Å²) in [5.41, 5.74) is 0. The molecular formula is C12H16N2S2. The monoisotopic (exact) mass is 252 g/mol. The summed E-state index contributed by atoms with van der Waals surface area (Å²) in [5, 5.41) is 1.12. The smallest absolute Gasteiger partial charge is 0.142 e. The first-order valence-corrected chi connectivity index (χ1v) is 6.96. The molecule has 0 unspecified atom stereocenters. The topological polar surface area (TPSA) is 17.8 Å². The van der Waals surface area contributed by atoms with E-state index in [1.165, 1.54) is 25.7 Å². The fraction of sp³-hybridized carbons (Fsp3) is 0.500. The van der Waals surface area contributed by atoms with Crippen molar-refractivity contribution < 1.29 is 0 Å². The van der Waals surface area contributed by atoms with Crippen LogP contribution in [0.3, 0.4) is 0 Å². The molecule has 0 amide bonds. The molecule has 4 heteroatoms. The van der Waals surface area contributed by atoms with Crippen LogP contribution in [0.4, 0.5) is 0 Å². The number of rotatable bonds is 5. The molecule has 16 heavy (non-hydrogen) atoms. The zero-order valence-electron chi connectivity index (χ0n) is 9.48. The molecule has 0 N–H and O–H groups in total. The minimum atomic E-state index is 0.949. The van der Waals surface area contributed by atoms with Crippen LogP contribution < -0.4 is 0 Å². The number of pyridine rings is 1. The molecule has 0 atom stereocenters. The highest BCUT2D eigenvalue weighted by Crippen LogP contribution is 2.21. The lowest BCUT2D eigenvalue weighted by atomic mass is 10.2. The predicted molar refractivity (Wildman–Crippen MR) is 72.6 cm³/mol. The Hall–Kier alpha value is -0.740. The van der Waals surface area contributed by atoms with Crippen molar-refractivity contribution in [3.05, 3.63) is 23.0 Å². The van der Waals surface area contributed by atoms with E-state index in [0.717, 1.165) is 21.4 Å². The number of nitrogens with zero attached hydrogens (tertiary/aromatic N) is 2. The SMILES string of the molecule is CCCCCCn1sc2ncccc2c1=S. The molecule has 2 heterocycles. The van der Waals surface area contributed by atoms with Gasteiger partial charge >= 0.3 is 0 Å². The fourth-order valence-corrected chi connectivity index (χ4v) is 3.15. The number of fused-ring (bicyclic) bond motifs is 1. The van der Waals surface area contributed by atoms with Gasteiger partial charge in [0.05, 0.1) is 0 Å². The molecule has 0 aliphatic heterocycles. The van der Waals surface area contributed by atoms with E-state index in [1.54, 1.807) is 11.5 Å². The summed E-state index contributed by atoms with van der Waals surface area (Å²) in [6.07, 6.45) is 6.93. The van der Waals surface area contributed by atoms with Crippen LogP contribution in [-0.2, 0) is 6.54 Å². The van der Waals surface area contributed by atoms with Gasteiger partial charge in [-0.1, -0.05) is 38.4 Å². The molecule has 2 rings (SSSR count). The van der Waals surface area contributed by atoms with Crippen molar-refractivity contribution in [2.24, 2.45) is 0 Å². The van der Waals surface area contributed by atoms with Gasteiger partial charge in [-0.25, -0.2) is 4.98 Å². The average Bonchev–Trinajstić information content (AvgIpc) is 2.63. The zero-order valence-corrected chi connectivity index (χ0v) is 11.1. The molecule has 2 aromatic heterocycles. The number of aryl methyl sites for hydroxylation is 1. The summed E-state index contributed by atoms with van der Waals surface area (Å²) in [4.78, 5) is 5.40. The van der Waals surface area contributed by atoms with Gasteiger partial charge in [-0.15, -0.1) is 0 Å². The first kappa shape index (κ1) is 11.7. The predicted octanol–water partition coefficient (Wildman–Crippen LogP) is 4.41. The van der Waals surface area contributed by atoms with Crippen LogP contribution in [0, 0.1) is 4.64 Å². The van der Waals surface area contributed by atoms with E-state index in [0.29, 0.717) is 0 Å². The van der Waals surface area contributed by atoms with Gasteiger partial charge < -0.3 is 0 Å². The van der Waals surface area contributed by atoms with Gasteiger partial charge in [-0.2, -0.15) is 0 Å². The van der Waals surface area contributed by atoms with Crippen molar-refractivity contribution in [3.63, 3.8) is 0 Å². The Balaban J connectivity index is 2.13. The molecule has 0 fully saturated rings. The summed E-state index contributed by atoms with van der Waals surface area (Å²) in [6, 6.07) is 4.01. The van der Waals surface area contributed by atoms with Crippen LogP contribution in [0.15, 0.2) is 18.3 Å². The maximum absolute atomic E-state index is 5.44. The second-order valence-electron chi connectivity index (χ2n) is 3.92. The lowest BCUT2D eigenvalue weighted by Gasteiger charge is -2.00. The van der Waals surface area contributed by atoms with Crippen LogP contribution in [-0.4, -0.2) is 8.94 Å².